The molecule has 0 N–H and O–H groups in total. The molecule has 0 bridgehead atoms. The van der Waals surface area contributed by atoms with E-state index < -0.39 is 0 Å². The summed E-state index contributed by atoms with van der Waals surface area (Å²) in [4.78, 5) is 12.6. The minimum Gasteiger partial charge on any atom is -0.263 e. The van der Waals surface area contributed by atoms with Gasteiger partial charge in [0.15, 0.2) is 0 Å². The molecule has 3 nitrogen and oxygen atoms in total. The van der Waals surface area contributed by atoms with Gasteiger partial charge in [0.05, 0.1) is 11.4 Å². The number of nitrogens with zero attached hydrogens (tertiary/aromatic N) is 3. The van der Waals surface area contributed by atoms with Gasteiger partial charge in [-0.3, -0.25) is 15.0 Å². The molecule has 0 atom stereocenters. The van der Waals surface area contributed by atoms with Crippen molar-refractivity contribution in [2.75, 3.05) is 0 Å². The summed E-state index contributed by atoms with van der Waals surface area (Å²) < 4.78 is 0. The van der Waals surface area contributed by atoms with Crippen LogP contribution in [0.2, 0.25) is 0 Å². The van der Waals surface area contributed by atoms with E-state index in [1.165, 1.54) is 0 Å². The first-order valence-electron chi connectivity index (χ1n) is 6.21. The van der Waals surface area contributed by atoms with E-state index in [0.29, 0.717) is 0 Å². The van der Waals surface area contributed by atoms with Crippen LogP contribution >= 0.6 is 0 Å². The van der Waals surface area contributed by atoms with Gasteiger partial charge in [0.2, 0.25) is 0 Å². The van der Waals surface area contributed by atoms with Gasteiger partial charge < -0.3 is 0 Å². The van der Waals surface area contributed by atoms with Crippen molar-refractivity contribution in [2.24, 2.45) is 0 Å². The van der Waals surface area contributed by atoms with Crippen molar-refractivity contribution in [3.8, 4) is 23.2 Å². The van der Waals surface area contributed by atoms with Crippen molar-refractivity contribution in [3.05, 3.63) is 78.4 Å². The lowest BCUT2D eigenvalue weighted by Crippen LogP contribution is -1.87. The molecule has 20 heavy (non-hydrogen) atoms. The maximum atomic E-state index is 4.32. The van der Waals surface area contributed by atoms with Gasteiger partial charge in [-0.2, -0.15) is 0 Å². The normalized spacial score (nSPS) is 9.60. The van der Waals surface area contributed by atoms with E-state index in [1.54, 1.807) is 24.8 Å². The molecular weight excluding hydrogens is 246 g/mol. The van der Waals surface area contributed by atoms with Crippen molar-refractivity contribution >= 4 is 0 Å². The highest BCUT2D eigenvalue weighted by atomic mass is 14.8. The summed E-state index contributed by atoms with van der Waals surface area (Å²) in [6.45, 7) is 0. The molecule has 0 saturated heterocycles. The summed E-state index contributed by atoms with van der Waals surface area (Å²) in [6, 6.07) is 13.4. The van der Waals surface area contributed by atoms with Gasteiger partial charge in [-0.15, -0.1) is 0 Å². The summed E-state index contributed by atoms with van der Waals surface area (Å²) in [5.41, 5.74) is 3.47. The fourth-order valence-corrected chi connectivity index (χ4v) is 1.74. The average Bonchev–Trinajstić information content (AvgIpc) is 2.55. The third-order valence-electron chi connectivity index (χ3n) is 2.70. The smallest absolute Gasteiger partial charge is 0.0898 e. The first kappa shape index (κ1) is 12.1. The zero-order valence-corrected chi connectivity index (χ0v) is 10.7. The van der Waals surface area contributed by atoms with Gasteiger partial charge in [-0.05, 0) is 36.4 Å². The van der Waals surface area contributed by atoms with Crippen LogP contribution in [0, 0.1) is 11.8 Å². The molecule has 0 aliphatic heterocycles. The van der Waals surface area contributed by atoms with Gasteiger partial charge in [-0.1, -0.05) is 17.9 Å². The predicted octanol–water partition coefficient (Wildman–Crippen LogP) is 2.94. The maximum absolute atomic E-state index is 4.32. The Kier molecular flexibility index (Phi) is 3.48. The molecule has 0 spiro atoms. The quantitative estimate of drug-likeness (QED) is 0.629. The fraction of sp³-hybridized carbons (Fsp3) is 0. The standard InChI is InChI=1S/C17H11N3/c1-2-10-19-16(5-1)17-12-14(8-11-20-17)6-7-15-4-3-9-18-13-15/h1-5,8-13H. The molecule has 3 heteroatoms. The van der Waals surface area contributed by atoms with Crippen LogP contribution < -0.4 is 0 Å². The van der Waals surface area contributed by atoms with Crippen molar-refractivity contribution in [2.45, 2.75) is 0 Å². The highest BCUT2D eigenvalue weighted by Gasteiger charge is 1.99. The Morgan fingerprint density at radius 2 is 1.60 bits per heavy atom. The number of hydrogen-bond donors (Lipinski definition) is 0. The minimum atomic E-state index is 0.823. The maximum Gasteiger partial charge on any atom is 0.0898 e. The first-order valence-corrected chi connectivity index (χ1v) is 6.21. The van der Waals surface area contributed by atoms with Crippen LogP contribution in [0.4, 0.5) is 0 Å². The second-order valence-electron chi connectivity index (χ2n) is 4.14. The van der Waals surface area contributed by atoms with Crippen LogP contribution in [0.3, 0.4) is 0 Å². The summed E-state index contributed by atoms with van der Waals surface area (Å²) in [7, 11) is 0. The van der Waals surface area contributed by atoms with Crippen LogP contribution in [0.5, 0.6) is 0 Å². The summed E-state index contributed by atoms with van der Waals surface area (Å²) in [5, 5.41) is 0. The van der Waals surface area contributed by atoms with E-state index in [0.717, 1.165) is 22.5 Å². The van der Waals surface area contributed by atoms with Gasteiger partial charge in [-0.25, -0.2) is 0 Å². The summed E-state index contributed by atoms with van der Waals surface area (Å²) in [5.74, 6) is 6.19. The van der Waals surface area contributed by atoms with Gasteiger partial charge in [0.25, 0.3) is 0 Å². The topological polar surface area (TPSA) is 38.7 Å². The van der Waals surface area contributed by atoms with Crippen molar-refractivity contribution in [1.29, 1.82) is 0 Å². The molecule has 94 valence electrons. The van der Waals surface area contributed by atoms with Crippen LogP contribution in [0.25, 0.3) is 11.4 Å². The molecule has 3 rings (SSSR count). The Hall–Kier alpha value is -2.99. The van der Waals surface area contributed by atoms with Crippen LogP contribution in [-0.2, 0) is 0 Å². The van der Waals surface area contributed by atoms with Gasteiger partial charge >= 0.3 is 0 Å². The third-order valence-corrected chi connectivity index (χ3v) is 2.70. The molecule has 3 heterocycles. The van der Waals surface area contributed by atoms with Crippen LogP contribution in [0.1, 0.15) is 11.1 Å². The molecule has 0 unspecified atom stereocenters. The second kappa shape index (κ2) is 5.77. The second-order valence-corrected chi connectivity index (χ2v) is 4.14. The number of aromatic nitrogens is 3. The molecule has 0 aliphatic carbocycles. The molecule has 0 aliphatic rings. The average molecular weight is 257 g/mol. The predicted molar refractivity (Wildman–Crippen MR) is 77.7 cm³/mol. The van der Waals surface area contributed by atoms with E-state index in [2.05, 4.69) is 26.8 Å². The lowest BCUT2D eigenvalue weighted by molar-refractivity contribution is 1.24. The lowest BCUT2D eigenvalue weighted by atomic mass is 10.1. The van der Waals surface area contributed by atoms with Crippen molar-refractivity contribution in [3.63, 3.8) is 0 Å². The van der Waals surface area contributed by atoms with Gasteiger partial charge in [0, 0.05) is 35.9 Å². The van der Waals surface area contributed by atoms with E-state index in [1.807, 2.05) is 42.5 Å². The summed E-state index contributed by atoms with van der Waals surface area (Å²) >= 11 is 0. The molecule has 0 saturated carbocycles. The highest BCUT2D eigenvalue weighted by molar-refractivity contribution is 5.57. The van der Waals surface area contributed by atoms with E-state index in [9.17, 15) is 0 Å². The fourth-order valence-electron chi connectivity index (χ4n) is 1.74. The molecule has 0 radical (unpaired) electrons. The molecule has 0 fully saturated rings. The highest BCUT2D eigenvalue weighted by Crippen LogP contribution is 2.14. The third kappa shape index (κ3) is 2.88. The number of hydrogen-bond acceptors (Lipinski definition) is 3. The molecule has 0 aromatic carbocycles. The van der Waals surface area contributed by atoms with Crippen molar-refractivity contribution in [1.82, 2.24) is 15.0 Å². The molecule has 3 aromatic rings. The zero-order valence-electron chi connectivity index (χ0n) is 10.7. The van der Waals surface area contributed by atoms with E-state index >= 15 is 0 Å². The van der Waals surface area contributed by atoms with E-state index in [-0.39, 0.29) is 0 Å². The van der Waals surface area contributed by atoms with Gasteiger partial charge in [0.1, 0.15) is 0 Å². The monoisotopic (exact) mass is 257 g/mol. The molecular formula is C17H11N3. The number of pyridine rings is 3. The summed E-state index contributed by atoms with van der Waals surface area (Å²) in [6.07, 6.45) is 6.98. The van der Waals surface area contributed by atoms with Crippen LogP contribution in [-0.4, -0.2) is 15.0 Å². The number of rotatable bonds is 1. The van der Waals surface area contributed by atoms with Crippen LogP contribution in [0.15, 0.2) is 67.3 Å². The Labute approximate surface area is 117 Å². The van der Waals surface area contributed by atoms with E-state index in [4.69, 9.17) is 0 Å². The largest absolute Gasteiger partial charge is 0.263 e. The SMILES string of the molecule is C(#Cc1ccnc(-c2ccccn2)c1)c1cccnc1. The molecule has 0 amide bonds. The Morgan fingerprint density at radius 1 is 0.700 bits per heavy atom. The Bertz CT molecular complexity index is 756. The minimum absolute atomic E-state index is 0.823. The Morgan fingerprint density at radius 3 is 2.40 bits per heavy atom. The first-order chi connectivity index (χ1) is 9.92. The molecule has 3 aromatic heterocycles. The zero-order chi connectivity index (χ0) is 13.6. The van der Waals surface area contributed by atoms with Crippen molar-refractivity contribution < 1.29 is 0 Å². The lowest BCUT2D eigenvalue weighted by Gasteiger charge is -1.99. The Balaban J connectivity index is 1.91.